The summed E-state index contributed by atoms with van der Waals surface area (Å²) in [5, 5.41) is 0. The molecule has 0 aliphatic carbocycles. The Morgan fingerprint density at radius 2 is 0.875 bits per heavy atom. The number of aromatic nitrogens is 4. The van der Waals surface area contributed by atoms with Gasteiger partial charge in [-0.2, -0.15) is 0 Å². The molecule has 6 heteroatoms. The van der Waals surface area contributed by atoms with Gasteiger partial charge < -0.3 is 9.97 Å². The minimum absolute atomic E-state index is 0.939. The second-order valence-electron chi connectivity index (χ2n) is 7.30. The molecule has 3 aromatic heterocycles. The Morgan fingerprint density at radius 1 is 0.531 bits per heavy atom. The summed E-state index contributed by atoms with van der Waals surface area (Å²) in [7, 11) is 0. The number of hydrogen-bond donors (Lipinski definition) is 2. The first kappa shape index (κ1) is 20.9. The first-order valence-electron chi connectivity index (χ1n) is 10.0. The molecule has 6 rings (SSSR count). The maximum absolute atomic E-state index is 4.63. The Morgan fingerprint density at radius 3 is 1.19 bits per heavy atom. The molecule has 4 aromatic rings. The van der Waals surface area contributed by atoms with Crippen LogP contribution in [0.1, 0.15) is 22.8 Å². The van der Waals surface area contributed by atoms with E-state index in [-0.39, 0.29) is 0 Å². The van der Waals surface area contributed by atoms with Crippen molar-refractivity contribution in [3.63, 3.8) is 0 Å². The van der Waals surface area contributed by atoms with E-state index < -0.39 is 0 Å². The average molecular weight is 663 g/mol. The van der Waals surface area contributed by atoms with Crippen molar-refractivity contribution in [3.05, 3.63) is 100 Å². The Bertz CT molecular complexity index is 1300. The summed E-state index contributed by atoms with van der Waals surface area (Å²) >= 11 is 5.79. The summed E-state index contributed by atoms with van der Waals surface area (Å²) in [4.78, 5) is 16.0. The average Bonchev–Trinajstić information content (AvgIpc) is 3.57. The normalized spacial score (nSPS) is 11.8. The third-order valence-electron chi connectivity index (χ3n) is 4.82. The van der Waals surface area contributed by atoms with E-state index in [1.54, 1.807) is 0 Å². The van der Waals surface area contributed by atoms with Crippen molar-refractivity contribution in [2.24, 2.45) is 0 Å². The molecule has 2 aliphatic heterocycles. The molecule has 8 bridgehead atoms. The molecule has 160 valence electrons. The fraction of sp³-hybridized carbons (Fsp3) is 0. The number of hydrogen-bond acceptors (Lipinski definition) is 2. The van der Waals surface area contributed by atoms with Gasteiger partial charge in [0, 0.05) is 22.1 Å². The summed E-state index contributed by atoms with van der Waals surface area (Å²) in [5.74, 6) is 0. The first-order valence-corrected chi connectivity index (χ1v) is 11.9. The number of rotatable bonds is 0. The summed E-state index contributed by atoms with van der Waals surface area (Å²) in [6.45, 7) is 0. The van der Waals surface area contributed by atoms with Gasteiger partial charge in [0.25, 0.3) is 0 Å². The molecule has 32 heavy (non-hydrogen) atoms. The predicted molar refractivity (Wildman–Crippen MR) is 133 cm³/mol. The van der Waals surface area contributed by atoms with E-state index in [1.807, 2.05) is 72.8 Å². The van der Waals surface area contributed by atoms with Gasteiger partial charge in [0.1, 0.15) is 0 Å². The number of nitrogens with zero attached hydrogens (tertiary/aromatic N) is 2. The molecule has 4 nitrogen and oxygen atoms in total. The molecule has 0 amide bonds. The van der Waals surface area contributed by atoms with Crippen LogP contribution in [-0.2, 0) is 21.1 Å². The summed E-state index contributed by atoms with van der Waals surface area (Å²) < 4.78 is 2.38. The van der Waals surface area contributed by atoms with Crippen LogP contribution in [0.2, 0.25) is 0 Å². The van der Waals surface area contributed by atoms with E-state index >= 15 is 0 Å². The van der Waals surface area contributed by atoms with Crippen molar-refractivity contribution in [1.29, 1.82) is 0 Å². The van der Waals surface area contributed by atoms with Crippen LogP contribution in [0, 0.1) is 0 Å². The monoisotopic (exact) mass is 662 g/mol. The van der Waals surface area contributed by atoms with E-state index in [0.717, 1.165) is 49.3 Å². The topological polar surface area (TPSA) is 57.4 Å². The van der Waals surface area contributed by atoms with Crippen molar-refractivity contribution in [3.8, 4) is 0 Å². The molecule has 2 aliphatic rings. The maximum atomic E-state index is 4.63. The van der Waals surface area contributed by atoms with Gasteiger partial charge in [0.2, 0.25) is 0 Å². The number of fused-ring (bicyclic) bond motifs is 8. The summed E-state index contributed by atoms with van der Waals surface area (Å²) in [6, 6.07) is 24.5. The van der Waals surface area contributed by atoms with Crippen LogP contribution in [-0.4, -0.2) is 19.9 Å². The van der Waals surface area contributed by atoms with E-state index in [2.05, 4.69) is 81.2 Å². The van der Waals surface area contributed by atoms with Gasteiger partial charge in [0.05, 0.1) is 22.8 Å². The largest absolute Gasteiger partial charge is 0.355 e. The third-order valence-corrected chi connectivity index (χ3v) is 6.07. The summed E-state index contributed by atoms with van der Waals surface area (Å²) in [6.07, 6.45) is 8.09. The first-order chi connectivity index (χ1) is 15.6. The van der Waals surface area contributed by atoms with Crippen LogP contribution in [0.4, 0.5) is 0 Å². The van der Waals surface area contributed by atoms with Crippen molar-refractivity contribution >= 4 is 66.1 Å². The molecule has 0 saturated heterocycles. The Kier molecular flexibility index (Phi) is 6.06. The van der Waals surface area contributed by atoms with Crippen LogP contribution in [0.5, 0.6) is 0 Å². The van der Waals surface area contributed by atoms with Crippen LogP contribution in [0.3, 0.4) is 0 Å². The van der Waals surface area contributed by atoms with Gasteiger partial charge >= 0.3 is 69.5 Å². The molecule has 0 atom stereocenters. The van der Waals surface area contributed by atoms with Crippen LogP contribution >= 0.6 is 15.9 Å². The number of nitrogens with one attached hydrogen (secondary N) is 2. The smallest absolute Gasteiger partial charge is 0.0658 e. The van der Waals surface area contributed by atoms with Gasteiger partial charge in [-0.25, -0.2) is 9.97 Å². The quantitative estimate of drug-likeness (QED) is 0.188. The molecule has 0 spiro atoms. The van der Waals surface area contributed by atoms with Gasteiger partial charge in [-0.1, -0.05) is 0 Å². The van der Waals surface area contributed by atoms with E-state index in [1.165, 1.54) is 3.78 Å². The molecule has 5 heterocycles. The van der Waals surface area contributed by atoms with Gasteiger partial charge in [-0.05, 0) is 72.8 Å². The van der Waals surface area contributed by atoms with Crippen LogP contribution in [0.15, 0.2) is 77.3 Å². The van der Waals surface area contributed by atoms with Crippen molar-refractivity contribution in [2.45, 2.75) is 0 Å². The minimum Gasteiger partial charge on any atom is -0.355 e. The standard InChI is InChI=1S/C20H14N4.C6H4Br.Au/c1-2-14-10-16-5-6-18(23-16)12-20-8-7-19(24-20)11-17-4-3-15(22-17)9-13(1)21-14;7-6-4-2-1-3-5-6;/h1-12,21,24H;2-5H;. The Balaban J connectivity index is 0.000000230. The van der Waals surface area contributed by atoms with Crippen molar-refractivity contribution in [1.82, 2.24) is 19.9 Å². The van der Waals surface area contributed by atoms with E-state index in [9.17, 15) is 0 Å². The van der Waals surface area contributed by atoms with E-state index in [4.69, 9.17) is 0 Å². The molecular weight excluding hydrogens is 645 g/mol. The van der Waals surface area contributed by atoms with Gasteiger partial charge in [-0.3, -0.25) is 0 Å². The molecule has 0 radical (unpaired) electrons. The van der Waals surface area contributed by atoms with Gasteiger partial charge in [-0.15, -0.1) is 0 Å². The van der Waals surface area contributed by atoms with Crippen molar-refractivity contribution in [2.75, 3.05) is 0 Å². The van der Waals surface area contributed by atoms with Gasteiger partial charge in [0.15, 0.2) is 0 Å². The second kappa shape index (κ2) is 9.27. The molecule has 0 saturated carbocycles. The zero-order chi connectivity index (χ0) is 21.9. The number of halogens is 1. The third kappa shape index (κ3) is 5.26. The number of H-pyrrole nitrogens is 2. The van der Waals surface area contributed by atoms with E-state index in [0.29, 0.717) is 0 Å². The number of aromatic amines is 2. The second-order valence-corrected chi connectivity index (χ2v) is 9.46. The molecular formula is C26H18AuBrN4. The SMILES string of the molecule is Brc1cc[c]([Au])cc1.C1=Cc2cc3ccc(cc4nc(cc5ccc(cc1n2)[nH]5)C=C4)[nH]3. The maximum Gasteiger partial charge on any atom is 0.0658 e. The molecule has 2 N–H and O–H groups in total. The fourth-order valence-corrected chi connectivity index (χ4v) is 3.99. The zero-order valence-electron chi connectivity index (χ0n) is 16.8. The van der Waals surface area contributed by atoms with Crippen LogP contribution in [0.25, 0.3) is 46.4 Å². The summed E-state index contributed by atoms with van der Waals surface area (Å²) in [5.41, 5.74) is 7.86. The Labute approximate surface area is 206 Å². The van der Waals surface area contributed by atoms with Crippen LogP contribution < -0.4 is 3.78 Å². The Hall–Kier alpha value is -2.96. The number of benzene rings is 1. The van der Waals surface area contributed by atoms with Crippen molar-refractivity contribution < 1.29 is 21.1 Å². The zero-order valence-corrected chi connectivity index (χ0v) is 20.6. The minimum atomic E-state index is 0.939. The molecule has 0 fully saturated rings. The molecule has 0 unspecified atom stereocenters. The molecule has 1 aromatic carbocycles. The predicted octanol–water partition coefficient (Wildman–Crippen LogP) is 6.28. The fourth-order valence-electron chi connectivity index (χ4n) is 3.36.